The van der Waals surface area contributed by atoms with Crippen LogP contribution in [-0.4, -0.2) is 76.0 Å². The first kappa shape index (κ1) is 17.7. The zero-order valence-corrected chi connectivity index (χ0v) is 15.5. The Kier molecular flexibility index (Phi) is 4.94. The monoisotopic (exact) mass is 362 g/mol. The van der Waals surface area contributed by atoms with E-state index in [9.17, 15) is 9.59 Å². The summed E-state index contributed by atoms with van der Waals surface area (Å²) < 4.78 is 0. The summed E-state index contributed by atoms with van der Waals surface area (Å²) in [6.07, 6.45) is 2.79. The summed E-state index contributed by atoms with van der Waals surface area (Å²) in [5, 5.41) is 3.43. The summed E-state index contributed by atoms with van der Waals surface area (Å²) in [5.74, 6) is 0.873. The Hall–Kier alpha value is -2.16. The van der Waals surface area contributed by atoms with Gasteiger partial charge in [0.1, 0.15) is 5.54 Å². The molecule has 1 fully saturated rings. The van der Waals surface area contributed by atoms with Gasteiger partial charge in [-0.3, -0.25) is 14.9 Å². The minimum Gasteiger partial charge on any atom is -0.349 e. The van der Waals surface area contributed by atoms with Gasteiger partial charge < -0.3 is 9.80 Å². The number of aliphatic imine (C=N–C) groups is 1. The van der Waals surface area contributed by atoms with Crippen LogP contribution in [0.4, 0.5) is 0 Å². The van der Waals surface area contributed by atoms with Crippen LogP contribution in [0.3, 0.4) is 0 Å². The van der Waals surface area contributed by atoms with Crippen molar-refractivity contribution < 1.29 is 9.59 Å². The second-order valence-electron chi connectivity index (χ2n) is 6.47. The maximum Gasteiger partial charge on any atom is 0.254 e. The predicted molar refractivity (Wildman–Crippen MR) is 95.3 cm³/mol. The highest BCUT2D eigenvalue weighted by molar-refractivity contribution is 7.99. The number of piperidine rings is 1. The van der Waals surface area contributed by atoms with E-state index in [1.807, 2.05) is 27.1 Å². The number of rotatable bonds is 3. The normalized spacial score (nSPS) is 18.9. The summed E-state index contributed by atoms with van der Waals surface area (Å²) in [6.45, 7) is 2.96. The van der Waals surface area contributed by atoms with Crippen LogP contribution in [0, 0.1) is 6.92 Å². The molecule has 1 saturated heterocycles. The summed E-state index contributed by atoms with van der Waals surface area (Å²) in [6, 6.07) is 1.82. The molecule has 2 aliphatic rings. The maximum atomic E-state index is 12.4. The molecule has 0 radical (unpaired) electrons. The molecule has 1 aromatic heterocycles. The summed E-state index contributed by atoms with van der Waals surface area (Å²) in [4.78, 5) is 41.3. The van der Waals surface area contributed by atoms with Crippen LogP contribution in [0.25, 0.3) is 0 Å². The number of likely N-dealkylation sites (tertiary alicyclic amines) is 1. The highest BCUT2D eigenvalue weighted by atomic mass is 32.2. The smallest absolute Gasteiger partial charge is 0.254 e. The molecule has 1 spiro atoms. The fourth-order valence-electron chi connectivity index (χ4n) is 2.89. The molecule has 1 N–H and O–H groups in total. The highest BCUT2D eigenvalue weighted by Crippen LogP contribution is 2.30. The molecule has 2 amide bonds. The third-order valence-corrected chi connectivity index (χ3v) is 5.28. The summed E-state index contributed by atoms with van der Waals surface area (Å²) in [5.41, 5.74) is 0.162. The van der Waals surface area contributed by atoms with Crippen molar-refractivity contribution >= 4 is 29.5 Å². The van der Waals surface area contributed by atoms with Crippen molar-refractivity contribution in [2.24, 2.45) is 4.99 Å². The van der Waals surface area contributed by atoms with Gasteiger partial charge in [-0.2, -0.15) is 0 Å². The number of aryl methyl sites for hydroxylation is 1. The van der Waals surface area contributed by atoms with Crippen molar-refractivity contribution in [2.45, 2.75) is 30.5 Å². The Morgan fingerprint density at radius 1 is 1.40 bits per heavy atom. The van der Waals surface area contributed by atoms with Crippen molar-refractivity contribution in [3.05, 3.63) is 18.0 Å². The van der Waals surface area contributed by atoms with E-state index in [4.69, 9.17) is 0 Å². The number of carbonyl (C=O) groups is 2. The molecule has 0 saturated carbocycles. The van der Waals surface area contributed by atoms with Crippen LogP contribution < -0.4 is 5.32 Å². The number of hydrogen-bond acceptors (Lipinski definition) is 7. The van der Waals surface area contributed by atoms with Crippen molar-refractivity contribution in [1.29, 1.82) is 0 Å². The second kappa shape index (κ2) is 6.99. The second-order valence-corrected chi connectivity index (χ2v) is 7.41. The number of carbonyl (C=O) groups excluding carboxylic acids is 2. The van der Waals surface area contributed by atoms with E-state index in [1.54, 1.807) is 16.0 Å². The van der Waals surface area contributed by atoms with E-state index in [1.165, 1.54) is 11.8 Å². The minimum atomic E-state index is -0.719. The maximum absolute atomic E-state index is 12.4. The lowest BCUT2D eigenvalue weighted by Crippen LogP contribution is -2.51. The van der Waals surface area contributed by atoms with Gasteiger partial charge in [-0.15, -0.1) is 0 Å². The van der Waals surface area contributed by atoms with Crippen molar-refractivity contribution in [3.63, 3.8) is 0 Å². The lowest BCUT2D eigenvalue weighted by molar-refractivity contribution is -0.133. The van der Waals surface area contributed by atoms with Gasteiger partial charge in [0.15, 0.2) is 5.16 Å². The summed E-state index contributed by atoms with van der Waals surface area (Å²) in [7, 11) is 3.70. The van der Waals surface area contributed by atoms with Gasteiger partial charge in [0.05, 0.1) is 5.75 Å². The number of nitrogens with one attached hydrogen (secondary N) is 1. The molecule has 0 aromatic carbocycles. The average molecular weight is 362 g/mol. The van der Waals surface area contributed by atoms with Crippen LogP contribution in [0.2, 0.25) is 0 Å². The first-order valence-electron chi connectivity index (χ1n) is 8.18. The van der Waals surface area contributed by atoms with Gasteiger partial charge in [0, 0.05) is 39.1 Å². The molecule has 3 heterocycles. The van der Waals surface area contributed by atoms with Gasteiger partial charge in [-0.05, 0) is 25.8 Å². The zero-order chi connectivity index (χ0) is 18.0. The van der Waals surface area contributed by atoms with Crippen LogP contribution in [-0.2, 0) is 9.59 Å². The van der Waals surface area contributed by atoms with Gasteiger partial charge >= 0.3 is 0 Å². The first-order chi connectivity index (χ1) is 11.9. The molecule has 2 aliphatic heterocycles. The largest absolute Gasteiger partial charge is 0.349 e. The Balaban J connectivity index is 1.55. The lowest BCUT2D eigenvalue weighted by atomic mass is 9.88. The first-order valence-corrected chi connectivity index (χ1v) is 9.17. The number of guanidine groups is 1. The minimum absolute atomic E-state index is 0.0418. The van der Waals surface area contributed by atoms with Gasteiger partial charge in [0.2, 0.25) is 11.9 Å². The third-order valence-electron chi connectivity index (χ3n) is 4.43. The summed E-state index contributed by atoms with van der Waals surface area (Å²) >= 11 is 1.34. The SMILES string of the molecule is Cc1ccnc(SCC(=O)N2CCC3(CC2)N=C(N(C)C)NC3=O)n1. The molecular weight excluding hydrogens is 340 g/mol. The molecule has 0 atom stereocenters. The third kappa shape index (κ3) is 3.76. The Morgan fingerprint density at radius 3 is 2.72 bits per heavy atom. The van der Waals surface area contributed by atoms with Crippen molar-refractivity contribution in [1.82, 2.24) is 25.1 Å². The average Bonchev–Trinajstić information content (AvgIpc) is 2.90. The molecule has 8 nitrogen and oxygen atoms in total. The van der Waals surface area contributed by atoms with Gasteiger partial charge in [-0.25, -0.2) is 15.0 Å². The van der Waals surface area contributed by atoms with E-state index in [-0.39, 0.29) is 11.8 Å². The molecule has 0 unspecified atom stereocenters. The van der Waals surface area contributed by atoms with E-state index in [0.717, 1.165) is 5.69 Å². The quantitative estimate of drug-likeness (QED) is 0.614. The van der Waals surface area contributed by atoms with E-state index in [2.05, 4.69) is 20.3 Å². The number of hydrogen-bond donors (Lipinski definition) is 1. The highest BCUT2D eigenvalue weighted by Gasteiger charge is 2.46. The van der Waals surface area contributed by atoms with Crippen LogP contribution in [0.15, 0.2) is 22.4 Å². The Bertz CT molecular complexity index is 712. The van der Waals surface area contributed by atoms with Crippen molar-refractivity contribution in [3.8, 4) is 0 Å². The molecular formula is C16H22N6O2S. The van der Waals surface area contributed by atoms with Gasteiger partial charge in [0.25, 0.3) is 5.91 Å². The molecule has 9 heteroatoms. The Morgan fingerprint density at radius 2 is 2.12 bits per heavy atom. The molecule has 25 heavy (non-hydrogen) atoms. The molecule has 0 aliphatic carbocycles. The van der Waals surface area contributed by atoms with E-state index < -0.39 is 5.54 Å². The Labute approximate surface area is 151 Å². The fourth-order valence-corrected chi connectivity index (χ4v) is 3.67. The topological polar surface area (TPSA) is 90.8 Å². The molecule has 3 rings (SSSR count). The van der Waals surface area contributed by atoms with Crippen molar-refractivity contribution in [2.75, 3.05) is 32.9 Å². The standard InChI is InChI=1S/C16H22N6O2S/c1-11-4-7-17-15(18-11)25-10-12(23)22-8-5-16(6-9-22)13(24)19-14(20-16)21(2)3/h4,7H,5-6,8-10H2,1-3H3,(H,19,20,24). The molecule has 134 valence electrons. The molecule has 0 bridgehead atoms. The lowest BCUT2D eigenvalue weighted by Gasteiger charge is -2.35. The van der Waals surface area contributed by atoms with E-state index in [0.29, 0.717) is 42.8 Å². The predicted octanol–water partition coefficient (Wildman–Crippen LogP) is 0.286. The van der Waals surface area contributed by atoms with Crippen LogP contribution in [0.1, 0.15) is 18.5 Å². The number of nitrogens with zero attached hydrogens (tertiary/aromatic N) is 5. The van der Waals surface area contributed by atoms with Crippen LogP contribution in [0.5, 0.6) is 0 Å². The fraction of sp³-hybridized carbons (Fsp3) is 0.562. The number of thioether (sulfide) groups is 1. The van der Waals surface area contributed by atoms with Gasteiger partial charge in [-0.1, -0.05) is 11.8 Å². The van der Waals surface area contributed by atoms with E-state index >= 15 is 0 Å². The number of aromatic nitrogens is 2. The molecule has 1 aromatic rings. The zero-order valence-electron chi connectivity index (χ0n) is 14.7. The number of amides is 2. The van der Waals surface area contributed by atoms with Crippen LogP contribution >= 0.6 is 11.8 Å².